The highest BCUT2D eigenvalue weighted by molar-refractivity contribution is 5.91. The molecule has 4 N–H and O–H groups in total. The molecule has 0 aliphatic carbocycles. The number of anilines is 1. The van der Waals surface area contributed by atoms with Gasteiger partial charge in [-0.25, -0.2) is 0 Å². The number of rotatable bonds is 4. The van der Waals surface area contributed by atoms with Gasteiger partial charge in [-0.2, -0.15) is 4.98 Å². The molecule has 2 heterocycles. The average molecular weight is 283 g/mol. The SMILES string of the molecule is Nc1n[nH]c(C(=O)NC(c2ccccc2)c2ccco2)n1. The first kappa shape index (κ1) is 12.9. The lowest BCUT2D eigenvalue weighted by Gasteiger charge is -2.16. The number of nitrogens with one attached hydrogen (secondary N) is 2. The van der Waals surface area contributed by atoms with Crippen LogP contribution < -0.4 is 11.1 Å². The Morgan fingerprint density at radius 3 is 2.67 bits per heavy atom. The number of furan rings is 1. The van der Waals surface area contributed by atoms with Crippen LogP contribution in [0.4, 0.5) is 5.95 Å². The van der Waals surface area contributed by atoms with Crippen LogP contribution in [0.2, 0.25) is 0 Å². The third-order valence-electron chi connectivity index (χ3n) is 2.95. The van der Waals surface area contributed by atoms with E-state index in [2.05, 4.69) is 20.5 Å². The molecule has 7 nitrogen and oxygen atoms in total. The van der Waals surface area contributed by atoms with Crippen LogP contribution in [0.1, 0.15) is 28.0 Å². The molecule has 1 amide bonds. The third-order valence-corrected chi connectivity index (χ3v) is 2.95. The zero-order chi connectivity index (χ0) is 14.7. The Hall–Kier alpha value is -3.09. The molecule has 0 spiro atoms. The monoisotopic (exact) mass is 283 g/mol. The van der Waals surface area contributed by atoms with Gasteiger partial charge < -0.3 is 15.5 Å². The quantitative estimate of drug-likeness (QED) is 0.672. The fourth-order valence-electron chi connectivity index (χ4n) is 2.00. The highest BCUT2D eigenvalue weighted by Crippen LogP contribution is 2.22. The minimum Gasteiger partial charge on any atom is -0.467 e. The Kier molecular flexibility index (Phi) is 3.38. The summed E-state index contributed by atoms with van der Waals surface area (Å²) in [7, 11) is 0. The van der Waals surface area contributed by atoms with E-state index in [0.717, 1.165) is 5.56 Å². The Labute approximate surface area is 120 Å². The molecule has 0 radical (unpaired) electrons. The molecule has 2 aromatic heterocycles. The summed E-state index contributed by atoms with van der Waals surface area (Å²) in [6.07, 6.45) is 1.56. The molecule has 1 unspecified atom stereocenters. The maximum atomic E-state index is 12.2. The molecule has 0 bridgehead atoms. The van der Waals surface area contributed by atoms with Crippen LogP contribution in [0.25, 0.3) is 0 Å². The number of nitrogen functional groups attached to an aromatic ring is 1. The molecular formula is C14H13N5O2. The lowest BCUT2D eigenvalue weighted by molar-refractivity contribution is 0.0929. The van der Waals surface area contributed by atoms with Gasteiger partial charge in [-0.05, 0) is 17.7 Å². The molecule has 0 aliphatic rings. The lowest BCUT2D eigenvalue weighted by atomic mass is 10.0. The van der Waals surface area contributed by atoms with Crippen LogP contribution in [-0.4, -0.2) is 21.1 Å². The number of amides is 1. The number of carbonyl (C=O) groups is 1. The van der Waals surface area contributed by atoms with Crippen molar-refractivity contribution in [2.24, 2.45) is 0 Å². The molecule has 0 fully saturated rings. The molecule has 1 aromatic carbocycles. The van der Waals surface area contributed by atoms with Crippen LogP contribution in [0.15, 0.2) is 53.1 Å². The van der Waals surface area contributed by atoms with E-state index in [9.17, 15) is 4.79 Å². The van der Waals surface area contributed by atoms with Crippen molar-refractivity contribution in [2.45, 2.75) is 6.04 Å². The van der Waals surface area contributed by atoms with Crippen molar-refractivity contribution in [1.29, 1.82) is 0 Å². The van der Waals surface area contributed by atoms with E-state index in [4.69, 9.17) is 10.2 Å². The second-order valence-electron chi connectivity index (χ2n) is 4.37. The maximum absolute atomic E-state index is 12.2. The second-order valence-corrected chi connectivity index (χ2v) is 4.37. The van der Waals surface area contributed by atoms with E-state index in [0.29, 0.717) is 5.76 Å². The van der Waals surface area contributed by atoms with Gasteiger partial charge in [-0.1, -0.05) is 30.3 Å². The fourth-order valence-corrected chi connectivity index (χ4v) is 2.00. The number of hydrogen-bond acceptors (Lipinski definition) is 5. The number of aromatic nitrogens is 3. The smallest absolute Gasteiger partial charge is 0.289 e. The third kappa shape index (κ3) is 2.76. The zero-order valence-corrected chi connectivity index (χ0v) is 11.0. The van der Waals surface area contributed by atoms with Crippen molar-refractivity contribution in [3.63, 3.8) is 0 Å². The summed E-state index contributed by atoms with van der Waals surface area (Å²) in [5.74, 6) is 0.292. The van der Waals surface area contributed by atoms with Crippen LogP contribution in [0.5, 0.6) is 0 Å². The van der Waals surface area contributed by atoms with E-state index in [-0.39, 0.29) is 11.8 Å². The number of H-pyrrole nitrogens is 1. The van der Waals surface area contributed by atoms with E-state index in [1.54, 1.807) is 18.4 Å². The number of aromatic amines is 1. The number of nitrogens with zero attached hydrogens (tertiary/aromatic N) is 2. The second kappa shape index (κ2) is 5.49. The predicted octanol–water partition coefficient (Wildman–Crippen LogP) is 1.50. The van der Waals surface area contributed by atoms with Crippen LogP contribution in [-0.2, 0) is 0 Å². The van der Waals surface area contributed by atoms with Crippen molar-refractivity contribution in [1.82, 2.24) is 20.5 Å². The van der Waals surface area contributed by atoms with Crippen molar-refractivity contribution in [3.05, 3.63) is 65.9 Å². The first-order chi connectivity index (χ1) is 10.2. The van der Waals surface area contributed by atoms with Crippen molar-refractivity contribution >= 4 is 11.9 Å². The van der Waals surface area contributed by atoms with Crippen molar-refractivity contribution in [2.75, 3.05) is 5.73 Å². The highest BCUT2D eigenvalue weighted by Gasteiger charge is 2.21. The molecule has 0 saturated carbocycles. The number of benzene rings is 1. The van der Waals surface area contributed by atoms with E-state index in [1.807, 2.05) is 30.3 Å². The normalized spacial score (nSPS) is 12.0. The number of carbonyl (C=O) groups excluding carboxylic acids is 1. The summed E-state index contributed by atoms with van der Waals surface area (Å²) in [6, 6.07) is 12.6. The maximum Gasteiger partial charge on any atom is 0.289 e. The van der Waals surface area contributed by atoms with Gasteiger partial charge in [-0.15, -0.1) is 5.10 Å². The molecule has 0 saturated heterocycles. The van der Waals surface area contributed by atoms with Crippen LogP contribution >= 0.6 is 0 Å². The highest BCUT2D eigenvalue weighted by atomic mass is 16.3. The summed E-state index contributed by atoms with van der Waals surface area (Å²) < 4.78 is 5.41. The largest absolute Gasteiger partial charge is 0.467 e. The van der Waals surface area contributed by atoms with Gasteiger partial charge >= 0.3 is 0 Å². The minimum absolute atomic E-state index is 0.0226. The standard InChI is InChI=1S/C14H13N5O2/c15-14-17-12(18-19-14)13(20)16-11(10-7-4-8-21-10)9-5-2-1-3-6-9/h1-8,11H,(H,16,20)(H3,15,17,18,19). The van der Waals surface area contributed by atoms with Crippen molar-refractivity contribution < 1.29 is 9.21 Å². The molecule has 106 valence electrons. The summed E-state index contributed by atoms with van der Waals surface area (Å²) in [5, 5.41) is 8.96. The zero-order valence-electron chi connectivity index (χ0n) is 11.0. The molecule has 7 heteroatoms. The van der Waals surface area contributed by atoms with E-state index in [1.165, 1.54) is 0 Å². The first-order valence-electron chi connectivity index (χ1n) is 6.31. The topological polar surface area (TPSA) is 110 Å². The lowest BCUT2D eigenvalue weighted by Crippen LogP contribution is -2.30. The molecule has 0 aliphatic heterocycles. The van der Waals surface area contributed by atoms with Gasteiger partial charge in [0.1, 0.15) is 11.8 Å². The fraction of sp³-hybridized carbons (Fsp3) is 0.0714. The average Bonchev–Trinajstić information content (AvgIpc) is 3.17. The summed E-state index contributed by atoms with van der Waals surface area (Å²) in [6.45, 7) is 0. The Balaban J connectivity index is 1.88. The summed E-state index contributed by atoms with van der Waals surface area (Å²) in [5.41, 5.74) is 6.30. The minimum atomic E-state index is -0.417. The van der Waals surface area contributed by atoms with Crippen LogP contribution in [0, 0.1) is 0 Å². The predicted molar refractivity (Wildman–Crippen MR) is 75.3 cm³/mol. The Morgan fingerprint density at radius 2 is 2.05 bits per heavy atom. The van der Waals surface area contributed by atoms with Gasteiger partial charge in [0.05, 0.1) is 6.26 Å². The van der Waals surface area contributed by atoms with E-state index < -0.39 is 11.9 Å². The van der Waals surface area contributed by atoms with Crippen molar-refractivity contribution in [3.8, 4) is 0 Å². The first-order valence-corrected chi connectivity index (χ1v) is 6.31. The molecule has 21 heavy (non-hydrogen) atoms. The molecule has 1 atom stereocenters. The molecular weight excluding hydrogens is 270 g/mol. The summed E-state index contributed by atoms with van der Waals surface area (Å²) in [4.78, 5) is 16.0. The summed E-state index contributed by atoms with van der Waals surface area (Å²) >= 11 is 0. The Morgan fingerprint density at radius 1 is 1.24 bits per heavy atom. The van der Waals surface area contributed by atoms with Gasteiger partial charge in [0, 0.05) is 0 Å². The molecule has 3 aromatic rings. The van der Waals surface area contributed by atoms with E-state index >= 15 is 0 Å². The number of nitrogens with two attached hydrogens (primary N) is 1. The van der Waals surface area contributed by atoms with Gasteiger partial charge in [-0.3, -0.25) is 9.89 Å². The molecule has 3 rings (SSSR count). The van der Waals surface area contributed by atoms with Gasteiger partial charge in [0.25, 0.3) is 5.91 Å². The van der Waals surface area contributed by atoms with Gasteiger partial charge in [0.15, 0.2) is 0 Å². The van der Waals surface area contributed by atoms with Crippen LogP contribution in [0.3, 0.4) is 0 Å². The van der Waals surface area contributed by atoms with Gasteiger partial charge in [0.2, 0.25) is 11.8 Å². The Bertz CT molecular complexity index is 721. The number of hydrogen-bond donors (Lipinski definition) is 3.